The largest absolute Gasteiger partial charge is 0.351 e. The van der Waals surface area contributed by atoms with Gasteiger partial charge in [0, 0.05) is 6.54 Å². The summed E-state index contributed by atoms with van der Waals surface area (Å²) < 4.78 is 1.05. The standard InChI is InChI=1S/C11H14BrNOS2/c1-7-4-9(16-10(7)12)11(14)13-5-8-2-3-15-6-8/h4,8H,2-3,5-6H2,1H3,(H,13,14). The van der Waals surface area contributed by atoms with Gasteiger partial charge in [0.05, 0.1) is 8.66 Å². The number of nitrogens with one attached hydrogen (secondary N) is 1. The Kier molecular flexibility index (Phi) is 4.33. The molecular formula is C11H14BrNOS2. The van der Waals surface area contributed by atoms with Crippen molar-refractivity contribution in [2.24, 2.45) is 5.92 Å². The molecule has 1 saturated heterocycles. The first-order chi connectivity index (χ1) is 7.66. The summed E-state index contributed by atoms with van der Waals surface area (Å²) in [5.74, 6) is 3.16. The van der Waals surface area contributed by atoms with Crippen molar-refractivity contribution in [3.63, 3.8) is 0 Å². The smallest absolute Gasteiger partial charge is 0.261 e. The van der Waals surface area contributed by atoms with Crippen LogP contribution >= 0.6 is 39.0 Å². The number of rotatable bonds is 3. The van der Waals surface area contributed by atoms with Crippen LogP contribution < -0.4 is 5.32 Å². The van der Waals surface area contributed by atoms with Gasteiger partial charge in [-0.05, 0) is 58.3 Å². The van der Waals surface area contributed by atoms with Gasteiger partial charge >= 0.3 is 0 Å². The second kappa shape index (κ2) is 5.56. The molecule has 1 aromatic rings. The minimum atomic E-state index is 0.0655. The zero-order valence-electron chi connectivity index (χ0n) is 9.09. The summed E-state index contributed by atoms with van der Waals surface area (Å²) in [7, 11) is 0. The Morgan fingerprint density at radius 1 is 1.69 bits per heavy atom. The van der Waals surface area contributed by atoms with Crippen molar-refractivity contribution in [2.75, 3.05) is 18.1 Å². The third-order valence-electron chi connectivity index (χ3n) is 2.66. The van der Waals surface area contributed by atoms with Gasteiger partial charge in [-0.1, -0.05) is 0 Å². The molecular weight excluding hydrogens is 306 g/mol. The molecule has 0 radical (unpaired) electrons. The molecule has 1 fully saturated rings. The molecule has 2 heterocycles. The molecule has 16 heavy (non-hydrogen) atoms. The average Bonchev–Trinajstić information content (AvgIpc) is 2.86. The van der Waals surface area contributed by atoms with Crippen LogP contribution in [0.25, 0.3) is 0 Å². The SMILES string of the molecule is Cc1cc(C(=O)NCC2CCSC2)sc1Br. The third-order valence-corrected chi connectivity index (χ3v) is 6.02. The Labute approximate surface area is 112 Å². The lowest BCUT2D eigenvalue weighted by Crippen LogP contribution is -2.28. The van der Waals surface area contributed by atoms with Gasteiger partial charge in [0.15, 0.2) is 0 Å². The molecule has 1 aromatic heterocycles. The van der Waals surface area contributed by atoms with Gasteiger partial charge in [-0.2, -0.15) is 11.8 Å². The van der Waals surface area contributed by atoms with Crippen LogP contribution in [0.1, 0.15) is 21.7 Å². The molecule has 0 aromatic carbocycles. The highest BCUT2D eigenvalue weighted by Gasteiger charge is 2.17. The van der Waals surface area contributed by atoms with Crippen LogP contribution in [-0.4, -0.2) is 24.0 Å². The minimum absolute atomic E-state index is 0.0655. The monoisotopic (exact) mass is 319 g/mol. The van der Waals surface area contributed by atoms with Crippen LogP contribution in [0, 0.1) is 12.8 Å². The predicted octanol–water partition coefficient (Wildman–Crippen LogP) is 3.30. The summed E-state index contributed by atoms with van der Waals surface area (Å²) >= 11 is 6.92. The molecule has 88 valence electrons. The summed E-state index contributed by atoms with van der Waals surface area (Å²) in [6.45, 7) is 2.82. The van der Waals surface area contributed by atoms with E-state index in [1.165, 1.54) is 29.3 Å². The third kappa shape index (κ3) is 3.02. The molecule has 0 bridgehead atoms. The maximum atomic E-state index is 11.8. The zero-order valence-corrected chi connectivity index (χ0v) is 12.3. The molecule has 1 amide bonds. The lowest BCUT2D eigenvalue weighted by Gasteiger charge is -2.08. The number of amides is 1. The summed E-state index contributed by atoms with van der Waals surface area (Å²) in [4.78, 5) is 12.6. The van der Waals surface area contributed by atoms with Gasteiger partial charge in [0.1, 0.15) is 0 Å². The highest BCUT2D eigenvalue weighted by atomic mass is 79.9. The van der Waals surface area contributed by atoms with Gasteiger partial charge in [0.2, 0.25) is 0 Å². The Morgan fingerprint density at radius 3 is 3.06 bits per heavy atom. The molecule has 2 nitrogen and oxygen atoms in total. The van der Waals surface area contributed by atoms with Crippen LogP contribution in [-0.2, 0) is 0 Å². The molecule has 0 spiro atoms. The first-order valence-corrected chi connectivity index (χ1v) is 8.05. The van der Waals surface area contributed by atoms with Crippen molar-refractivity contribution in [1.82, 2.24) is 5.32 Å². The lowest BCUT2D eigenvalue weighted by molar-refractivity contribution is 0.0952. The predicted molar refractivity (Wildman–Crippen MR) is 74.5 cm³/mol. The lowest BCUT2D eigenvalue weighted by atomic mass is 10.1. The highest BCUT2D eigenvalue weighted by molar-refractivity contribution is 9.11. The number of hydrogen-bond donors (Lipinski definition) is 1. The zero-order chi connectivity index (χ0) is 11.5. The Hall–Kier alpha value is 0. The fourth-order valence-electron chi connectivity index (χ4n) is 1.64. The van der Waals surface area contributed by atoms with E-state index in [4.69, 9.17) is 0 Å². The highest BCUT2D eigenvalue weighted by Crippen LogP contribution is 2.27. The Balaban J connectivity index is 1.87. The fraction of sp³-hybridized carbons (Fsp3) is 0.545. The average molecular weight is 320 g/mol. The van der Waals surface area contributed by atoms with Crippen LogP contribution in [0.15, 0.2) is 9.85 Å². The van der Waals surface area contributed by atoms with Gasteiger partial charge in [-0.15, -0.1) is 11.3 Å². The molecule has 1 aliphatic rings. The van der Waals surface area contributed by atoms with Crippen LogP contribution in [0.3, 0.4) is 0 Å². The van der Waals surface area contributed by atoms with E-state index >= 15 is 0 Å². The number of halogens is 1. The number of aryl methyl sites for hydroxylation is 1. The van der Waals surface area contributed by atoms with Gasteiger partial charge < -0.3 is 5.32 Å². The quantitative estimate of drug-likeness (QED) is 0.926. The van der Waals surface area contributed by atoms with Crippen LogP contribution in [0.2, 0.25) is 0 Å². The van der Waals surface area contributed by atoms with E-state index in [9.17, 15) is 4.79 Å². The van der Waals surface area contributed by atoms with Gasteiger partial charge in [-0.25, -0.2) is 0 Å². The molecule has 1 aliphatic heterocycles. The van der Waals surface area contributed by atoms with E-state index < -0.39 is 0 Å². The number of carbonyl (C=O) groups excluding carboxylic acids is 1. The maximum absolute atomic E-state index is 11.8. The van der Waals surface area contributed by atoms with Crippen molar-refractivity contribution in [2.45, 2.75) is 13.3 Å². The molecule has 1 N–H and O–H groups in total. The minimum Gasteiger partial charge on any atom is -0.351 e. The summed E-state index contributed by atoms with van der Waals surface area (Å²) in [6.07, 6.45) is 1.23. The van der Waals surface area contributed by atoms with E-state index in [1.54, 1.807) is 0 Å². The molecule has 5 heteroatoms. The summed E-state index contributed by atoms with van der Waals surface area (Å²) in [5.41, 5.74) is 1.13. The van der Waals surface area contributed by atoms with Crippen molar-refractivity contribution < 1.29 is 4.79 Å². The van der Waals surface area contributed by atoms with Crippen molar-refractivity contribution in [1.29, 1.82) is 0 Å². The topological polar surface area (TPSA) is 29.1 Å². The molecule has 2 rings (SSSR count). The Morgan fingerprint density at radius 2 is 2.50 bits per heavy atom. The van der Waals surface area contributed by atoms with Crippen molar-refractivity contribution >= 4 is 44.9 Å². The van der Waals surface area contributed by atoms with E-state index in [-0.39, 0.29) is 5.91 Å². The van der Waals surface area contributed by atoms with Crippen molar-refractivity contribution in [3.05, 3.63) is 20.3 Å². The van der Waals surface area contributed by atoms with E-state index in [0.29, 0.717) is 5.92 Å². The van der Waals surface area contributed by atoms with E-state index in [0.717, 1.165) is 20.8 Å². The second-order valence-corrected chi connectivity index (χ2v) is 7.53. The molecule has 1 atom stereocenters. The van der Waals surface area contributed by atoms with Crippen molar-refractivity contribution in [3.8, 4) is 0 Å². The van der Waals surface area contributed by atoms with E-state index in [2.05, 4.69) is 21.2 Å². The number of hydrogen-bond acceptors (Lipinski definition) is 3. The van der Waals surface area contributed by atoms with Gasteiger partial charge in [0.25, 0.3) is 5.91 Å². The molecule has 0 aliphatic carbocycles. The Bertz CT molecular complexity index is 366. The van der Waals surface area contributed by atoms with Crippen LogP contribution in [0.5, 0.6) is 0 Å². The first kappa shape index (κ1) is 12.5. The molecule has 0 saturated carbocycles. The van der Waals surface area contributed by atoms with E-state index in [1.807, 2.05) is 24.8 Å². The first-order valence-electron chi connectivity index (χ1n) is 5.28. The normalized spacial score (nSPS) is 20.0. The maximum Gasteiger partial charge on any atom is 0.261 e. The summed E-state index contributed by atoms with van der Waals surface area (Å²) in [6, 6.07) is 1.94. The molecule has 1 unspecified atom stereocenters. The summed E-state index contributed by atoms with van der Waals surface area (Å²) in [5, 5.41) is 3.02. The van der Waals surface area contributed by atoms with Crippen LogP contribution in [0.4, 0.5) is 0 Å². The number of carbonyl (C=O) groups is 1. The second-order valence-electron chi connectivity index (χ2n) is 4.01. The number of thiophene rings is 1. The van der Waals surface area contributed by atoms with Gasteiger partial charge in [-0.3, -0.25) is 4.79 Å². The fourth-order valence-corrected chi connectivity index (χ4v) is 4.38. The number of thioether (sulfide) groups is 1.